The third-order valence-corrected chi connectivity index (χ3v) is 9.19. The van der Waals surface area contributed by atoms with Gasteiger partial charge in [-0.1, -0.05) is 23.7 Å². The molecule has 0 amide bonds. The predicted molar refractivity (Wildman–Crippen MR) is 160 cm³/mol. The van der Waals surface area contributed by atoms with Crippen LogP contribution < -0.4 is 15.0 Å². The summed E-state index contributed by atoms with van der Waals surface area (Å²) < 4.78 is 18.0. The van der Waals surface area contributed by atoms with Crippen molar-refractivity contribution in [2.75, 3.05) is 38.2 Å². The lowest BCUT2D eigenvalue weighted by atomic mass is 9.98. The van der Waals surface area contributed by atoms with Gasteiger partial charge in [0.1, 0.15) is 17.4 Å². The Bertz CT molecular complexity index is 1580. The zero-order valence-corrected chi connectivity index (χ0v) is 23.8. The number of fused-ring (bicyclic) bond motifs is 5. The van der Waals surface area contributed by atoms with Gasteiger partial charge in [0.15, 0.2) is 5.82 Å². The number of methoxy groups -OCH3 is 1. The highest BCUT2D eigenvalue weighted by Gasteiger charge is 2.35. The molecule has 4 atom stereocenters. The average Bonchev–Trinajstić information content (AvgIpc) is 3.65. The molecule has 0 aliphatic carbocycles. The van der Waals surface area contributed by atoms with Gasteiger partial charge in [-0.3, -0.25) is 9.88 Å². The first kappa shape index (κ1) is 26.6. The van der Waals surface area contributed by atoms with Crippen molar-refractivity contribution in [1.82, 2.24) is 25.2 Å². The molecule has 8 rings (SSSR count). The molecule has 214 valence electrons. The molecule has 4 unspecified atom stereocenters. The number of alkyl halides is 1. The highest BCUT2D eigenvalue weighted by atomic mass is 35.5. The monoisotopic (exact) mass is 576 g/mol. The van der Waals surface area contributed by atoms with Gasteiger partial charge < -0.3 is 20.1 Å². The number of anilines is 1. The minimum atomic E-state index is -0.518. The number of aromatic hydroxyl groups is 1. The maximum absolute atomic E-state index is 12.6. The van der Waals surface area contributed by atoms with Crippen LogP contribution in [0.1, 0.15) is 32.1 Å². The van der Waals surface area contributed by atoms with Crippen LogP contribution in [0.4, 0.5) is 10.2 Å². The van der Waals surface area contributed by atoms with Crippen LogP contribution in [-0.2, 0) is 0 Å². The normalized spacial score (nSPS) is 25.4. The summed E-state index contributed by atoms with van der Waals surface area (Å²) in [4.78, 5) is 18.6. The summed E-state index contributed by atoms with van der Waals surface area (Å²) in [5, 5.41) is 16.3. The van der Waals surface area contributed by atoms with Crippen molar-refractivity contribution in [2.24, 2.45) is 0 Å². The second-order valence-electron chi connectivity index (χ2n) is 11.6. The molecular formula is C31H34ClFN6O2. The Morgan fingerprint density at radius 3 is 2.68 bits per heavy atom. The minimum absolute atomic E-state index is 0.173. The molecule has 4 aromatic rings. The molecule has 4 aliphatic heterocycles. The number of piperazine rings is 1. The van der Waals surface area contributed by atoms with Gasteiger partial charge in [0, 0.05) is 59.9 Å². The highest BCUT2D eigenvalue weighted by molar-refractivity contribution is 6.36. The summed E-state index contributed by atoms with van der Waals surface area (Å²) >= 11 is 6.53. The zero-order valence-electron chi connectivity index (χ0n) is 23.1. The molecule has 8 nitrogen and oxygen atoms in total. The van der Waals surface area contributed by atoms with Crippen LogP contribution in [-0.4, -0.2) is 82.5 Å². The molecule has 41 heavy (non-hydrogen) atoms. The van der Waals surface area contributed by atoms with Crippen LogP contribution in [0.15, 0.2) is 42.6 Å². The molecule has 0 saturated carbocycles. The van der Waals surface area contributed by atoms with Crippen LogP contribution in [0.25, 0.3) is 32.9 Å². The van der Waals surface area contributed by atoms with Crippen LogP contribution in [0.5, 0.6) is 11.8 Å². The van der Waals surface area contributed by atoms with E-state index >= 15 is 0 Å². The van der Waals surface area contributed by atoms with E-state index < -0.39 is 6.17 Å². The van der Waals surface area contributed by atoms with Crippen molar-refractivity contribution in [3.05, 3.63) is 47.6 Å². The van der Waals surface area contributed by atoms with Crippen LogP contribution in [0.2, 0.25) is 5.02 Å². The van der Waals surface area contributed by atoms with E-state index in [1.807, 2.05) is 24.3 Å². The predicted octanol–water partition coefficient (Wildman–Crippen LogP) is 5.35. The number of ether oxygens (including phenoxy) is 1. The fraction of sp³-hybridized carbons (Fsp3) is 0.452. The summed E-state index contributed by atoms with van der Waals surface area (Å²) in [6.07, 6.45) is 6.98. The number of phenolic OH excluding ortho intramolecular Hbond substituents is 1. The van der Waals surface area contributed by atoms with Gasteiger partial charge in [-0.05, 0) is 73.9 Å². The molecule has 6 heterocycles. The Hall–Kier alpha value is -3.27. The number of hydrogen-bond donors (Lipinski definition) is 2. The minimum Gasteiger partial charge on any atom is -0.508 e. The first-order valence-electron chi connectivity index (χ1n) is 14.5. The SMILES string of the molecule is COc1nc(N2CC3CCC(C2)N3)c2ncc(-c3cc(O)cc4cccc(Cl)c34)cc2n1.FC1CC2CCCN2C1. The van der Waals surface area contributed by atoms with E-state index in [4.69, 9.17) is 21.3 Å². The average molecular weight is 577 g/mol. The third-order valence-electron chi connectivity index (χ3n) is 8.88. The van der Waals surface area contributed by atoms with Crippen molar-refractivity contribution >= 4 is 39.2 Å². The van der Waals surface area contributed by atoms with Gasteiger partial charge in [0.25, 0.3) is 0 Å². The lowest BCUT2D eigenvalue weighted by Crippen LogP contribution is -2.51. The lowest BCUT2D eigenvalue weighted by molar-refractivity contribution is 0.292. The van der Waals surface area contributed by atoms with Gasteiger partial charge in [0.05, 0.1) is 12.6 Å². The molecule has 4 aliphatic rings. The summed E-state index contributed by atoms with van der Waals surface area (Å²) in [5.74, 6) is 0.975. The number of pyridine rings is 1. The van der Waals surface area contributed by atoms with Crippen LogP contribution >= 0.6 is 11.6 Å². The van der Waals surface area contributed by atoms with Gasteiger partial charge in [0.2, 0.25) is 0 Å². The quantitative estimate of drug-likeness (QED) is 0.338. The summed E-state index contributed by atoms with van der Waals surface area (Å²) in [6, 6.07) is 12.9. The van der Waals surface area contributed by atoms with Crippen molar-refractivity contribution < 1.29 is 14.2 Å². The zero-order chi connectivity index (χ0) is 28.1. The van der Waals surface area contributed by atoms with Gasteiger partial charge in [-0.15, -0.1) is 0 Å². The molecule has 4 saturated heterocycles. The molecule has 0 radical (unpaired) electrons. The lowest BCUT2D eigenvalue weighted by Gasteiger charge is -2.34. The number of phenols is 1. The Kier molecular flexibility index (Phi) is 7.05. The Morgan fingerprint density at radius 2 is 1.90 bits per heavy atom. The third kappa shape index (κ3) is 5.15. The molecule has 10 heteroatoms. The molecule has 2 aromatic carbocycles. The largest absolute Gasteiger partial charge is 0.508 e. The van der Waals surface area contributed by atoms with E-state index in [0.29, 0.717) is 41.2 Å². The Balaban J connectivity index is 0.000000260. The smallest absolute Gasteiger partial charge is 0.318 e. The molecule has 0 spiro atoms. The summed E-state index contributed by atoms with van der Waals surface area (Å²) in [7, 11) is 1.58. The summed E-state index contributed by atoms with van der Waals surface area (Å²) in [5.41, 5.74) is 3.06. The molecule has 2 bridgehead atoms. The van der Waals surface area contributed by atoms with Crippen molar-refractivity contribution in [1.29, 1.82) is 0 Å². The van der Waals surface area contributed by atoms with Gasteiger partial charge in [-0.25, -0.2) is 4.39 Å². The second-order valence-corrected chi connectivity index (χ2v) is 12.0. The fourth-order valence-electron chi connectivity index (χ4n) is 7.03. The van der Waals surface area contributed by atoms with Crippen LogP contribution in [0, 0.1) is 0 Å². The highest BCUT2D eigenvalue weighted by Crippen LogP contribution is 2.38. The Labute approximate surface area is 243 Å². The second kappa shape index (κ2) is 10.9. The van der Waals surface area contributed by atoms with Crippen LogP contribution in [0.3, 0.4) is 0 Å². The number of rotatable bonds is 3. The van der Waals surface area contributed by atoms with Gasteiger partial charge >= 0.3 is 6.01 Å². The fourth-order valence-corrected chi connectivity index (χ4v) is 7.32. The number of hydrogen-bond acceptors (Lipinski definition) is 8. The maximum atomic E-state index is 12.6. The van der Waals surface area contributed by atoms with E-state index in [2.05, 4.69) is 25.1 Å². The molecule has 2 aromatic heterocycles. The number of aromatic nitrogens is 3. The first-order chi connectivity index (χ1) is 19.9. The van der Waals surface area contributed by atoms with Gasteiger partial charge in [-0.2, -0.15) is 9.97 Å². The number of nitrogens with zero attached hydrogens (tertiary/aromatic N) is 5. The molecule has 4 fully saturated rings. The molecule has 2 N–H and O–H groups in total. The van der Waals surface area contributed by atoms with E-state index in [9.17, 15) is 9.50 Å². The van der Waals surface area contributed by atoms with E-state index in [1.165, 1.54) is 25.7 Å². The van der Waals surface area contributed by atoms with Crippen molar-refractivity contribution in [2.45, 2.75) is 56.4 Å². The number of benzene rings is 2. The van der Waals surface area contributed by atoms with E-state index in [1.54, 1.807) is 25.4 Å². The Morgan fingerprint density at radius 1 is 1.07 bits per heavy atom. The van der Waals surface area contributed by atoms with E-state index in [0.717, 1.165) is 59.3 Å². The standard InChI is InChI=1S/C24H22ClN5O2.C7H12FN/c1-32-24-28-20-8-14(18-9-17(31)7-13-3-2-4-19(25)21(13)18)10-26-22(20)23(29-24)30-11-15-5-6-16(12-30)27-15;8-6-4-7-2-1-3-9(7)5-6/h2-4,7-10,15-16,27,31H,5-6,11-12H2,1H3;6-7H,1-5H2. The molecular weight excluding hydrogens is 543 g/mol. The first-order valence-corrected chi connectivity index (χ1v) is 14.9. The topological polar surface area (TPSA) is 86.6 Å². The van der Waals surface area contributed by atoms with E-state index in [-0.39, 0.29) is 5.75 Å². The van der Waals surface area contributed by atoms with Crippen molar-refractivity contribution in [3.63, 3.8) is 0 Å². The summed E-state index contributed by atoms with van der Waals surface area (Å²) in [6.45, 7) is 3.64. The number of halogens is 2. The number of nitrogens with one attached hydrogen (secondary N) is 1. The maximum Gasteiger partial charge on any atom is 0.318 e. The van der Waals surface area contributed by atoms with Crippen molar-refractivity contribution in [3.8, 4) is 22.9 Å².